The molecule has 2 nitrogen and oxygen atoms in total. The van der Waals surface area contributed by atoms with Gasteiger partial charge < -0.3 is 9.84 Å². The van der Waals surface area contributed by atoms with Gasteiger partial charge in [0.05, 0.1) is 12.2 Å². The number of rotatable bonds is 16. The van der Waals surface area contributed by atoms with Crippen molar-refractivity contribution < 1.29 is 9.84 Å². The van der Waals surface area contributed by atoms with Crippen molar-refractivity contribution in [3.63, 3.8) is 0 Å². The molecular weight excluding hydrogens is 272 g/mol. The Kier molecular flexibility index (Phi) is 16.8. The van der Waals surface area contributed by atoms with Crippen molar-refractivity contribution in [1.29, 1.82) is 0 Å². The highest BCUT2D eigenvalue weighted by Gasteiger charge is 1.95. The highest BCUT2D eigenvalue weighted by Crippen LogP contribution is 2.11. The maximum Gasteiger partial charge on any atom is 0.0575 e. The molecule has 0 amide bonds. The first-order valence-electron chi connectivity index (χ1n) is 9.40. The van der Waals surface area contributed by atoms with E-state index in [1.165, 1.54) is 64.2 Å². The van der Waals surface area contributed by atoms with Crippen molar-refractivity contribution in [3.8, 4) is 0 Å². The number of ether oxygens (including phenoxy) is 1. The Bertz CT molecular complexity index is 234. The average molecular weight is 312 g/mol. The number of allylic oxidation sites excluding steroid dienone is 1. The van der Waals surface area contributed by atoms with E-state index in [0.29, 0.717) is 12.5 Å². The van der Waals surface area contributed by atoms with Gasteiger partial charge in [0, 0.05) is 6.61 Å². The van der Waals surface area contributed by atoms with Crippen LogP contribution in [0.3, 0.4) is 0 Å². The molecule has 0 spiro atoms. The smallest absolute Gasteiger partial charge is 0.0575 e. The van der Waals surface area contributed by atoms with E-state index in [1.54, 1.807) is 0 Å². The van der Waals surface area contributed by atoms with Gasteiger partial charge in [0.15, 0.2) is 0 Å². The molecule has 0 aromatic rings. The fraction of sp³-hybridized carbons (Fsp3) is 0.850. The van der Waals surface area contributed by atoms with E-state index in [-0.39, 0.29) is 0 Å². The monoisotopic (exact) mass is 311 g/mol. The van der Waals surface area contributed by atoms with E-state index >= 15 is 0 Å². The molecule has 0 heterocycles. The summed E-state index contributed by atoms with van der Waals surface area (Å²) in [5.74, 6) is 0. The van der Waals surface area contributed by atoms with Crippen molar-refractivity contribution >= 4 is 0 Å². The van der Waals surface area contributed by atoms with Crippen LogP contribution >= 0.6 is 0 Å². The van der Waals surface area contributed by atoms with Gasteiger partial charge in [-0.3, -0.25) is 0 Å². The zero-order valence-corrected chi connectivity index (χ0v) is 15.1. The largest absolute Gasteiger partial charge is 0.393 e. The quantitative estimate of drug-likeness (QED) is 0.286. The summed E-state index contributed by atoms with van der Waals surface area (Å²) in [7, 11) is 0. The molecule has 22 heavy (non-hydrogen) atoms. The first-order chi connectivity index (χ1) is 10.6. The fourth-order valence-electron chi connectivity index (χ4n) is 2.47. The lowest BCUT2D eigenvalue weighted by molar-refractivity contribution is 0.0756. The van der Waals surface area contributed by atoms with E-state index in [1.807, 2.05) is 6.08 Å². The number of aliphatic hydroxyl groups is 1. The molecule has 0 aliphatic rings. The number of hydrogen-bond acceptors (Lipinski definition) is 2. The van der Waals surface area contributed by atoms with Crippen LogP contribution in [0.5, 0.6) is 0 Å². The van der Waals surface area contributed by atoms with Crippen molar-refractivity contribution in [2.45, 2.75) is 103 Å². The Morgan fingerprint density at radius 2 is 1.32 bits per heavy atom. The molecule has 1 atom stereocenters. The third-order valence-electron chi connectivity index (χ3n) is 3.79. The van der Waals surface area contributed by atoms with Gasteiger partial charge in [-0.1, -0.05) is 63.5 Å². The van der Waals surface area contributed by atoms with E-state index in [9.17, 15) is 0 Å². The maximum atomic E-state index is 9.01. The van der Waals surface area contributed by atoms with Crippen LogP contribution in [0, 0.1) is 6.92 Å². The summed E-state index contributed by atoms with van der Waals surface area (Å²) in [4.78, 5) is 0. The Morgan fingerprint density at radius 3 is 1.82 bits per heavy atom. The summed E-state index contributed by atoms with van der Waals surface area (Å²) in [5, 5.41) is 9.01. The van der Waals surface area contributed by atoms with Crippen molar-refractivity contribution in [3.05, 3.63) is 19.1 Å². The van der Waals surface area contributed by atoms with Gasteiger partial charge in [-0.05, 0) is 46.5 Å². The van der Waals surface area contributed by atoms with Gasteiger partial charge in [-0.2, -0.15) is 0 Å². The molecule has 131 valence electrons. The third kappa shape index (κ3) is 19.7. The van der Waals surface area contributed by atoms with Crippen molar-refractivity contribution in [2.75, 3.05) is 6.61 Å². The summed E-state index contributed by atoms with van der Waals surface area (Å²) < 4.78 is 5.54. The highest BCUT2D eigenvalue weighted by atomic mass is 16.5. The van der Waals surface area contributed by atoms with Crippen LogP contribution in [0.2, 0.25) is 0 Å². The van der Waals surface area contributed by atoms with Gasteiger partial charge in [0.2, 0.25) is 0 Å². The van der Waals surface area contributed by atoms with Crippen LogP contribution in [0.15, 0.2) is 12.2 Å². The lowest BCUT2D eigenvalue weighted by Gasteiger charge is -2.06. The molecule has 0 bridgehead atoms. The maximum absolute atomic E-state index is 9.01. The molecule has 0 aromatic carbocycles. The minimum absolute atomic E-state index is 0.380. The van der Waals surface area contributed by atoms with Gasteiger partial charge in [0.25, 0.3) is 0 Å². The molecule has 0 aliphatic carbocycles. The predicted molar refractivity (Wildman–Crippen MR) is 97.0 cm³/mol. The molecule has 0 fully saturated rings. The zero-order chi connectivity index (χ0) is 16.5. The molecule has 1 radical (unpaired) electrons. The molecule has 1 N–H and O–H groups in total. The van der Waals surface area contributed by atoms with Crippen LogP contribution in [0.4, 0.5) is 0 Å². The predicted octanol–water partition coefficient (Wildman–Crippen LogP) is 5.84. The minimum atomic E-state index is -0.445. The molecule has 0 rings (SSSR count). The van der Waals surface area contributed by atoms with Crippen LogP contribution in [-0.2, 0) is 4.74 Å². The summed E-state index contributed by atoms with van der Waals surface area (Å²) in [6.07, 6.45) is 19.4. The van der Waals surface area contributed by atoms with E-state index in [4.69, 9.17) is 9.84 Å². The molecule has 0 aliphatic heterocycles. The van der Waals surface area contributed by atoms with Gasteiger partial charge in [0.1, 0.15) is 0 Å². The SMILES string of the molecule is [CH2]C(O)CC=CCCCCCCCCCCCCOC(C)C. The zero-order valence-electron chi connectivity index (χ0n) is 15.1. The number of hydrogen-bond donors (Lipinski definition) is 1. The van der Waals surface area contributed by atoms with E-state index in [2.05, 4.69) is 26.8 Å². The first-order valence-corrected chi connectivity index (χ1v) is 9.40. The Balaban J connectivity index is 3.04. The summed E-state index contributed by atoms with van der Waals surface area (Å²) in [6.45, 7) is 8.68. The second-order valence-corrected chi connectivity index (χ2v) is 6.60. The fourth-order valence-corrected chi connectivity index (χ4v) is 2.47. The Morgan fingerprint density at radius 1 is 0.818 bits per heavy atom. The van der Waals surface area contributed by atoms with Gasteiger partial charge >= 0.3 is 0 Å². The second kappa shape index (κ2) is 17.0. The second-order valence-electron chi connectivity index (χ2n) is 6.60. The molecule has 0 saturated heterocycles. The average Bonchev–Trinajstić information content (AvgIpc) is 2.46. The summed E-state index contributed by atoms with van der Waals surface area (Å²) in [6, 6.07) is 0. The van der Waals surface area contributed by atoms with Gasteiger partial charge in [-0.25, -0.2) is 0 Å². The first kappa shape index (κ1) is 21.7. The molecular formula is C20H39O2. The van der Waals surface area contributed by atoms with Crippen LogP contribution in [-0.4, -0.2) is 23.9 Å². The summed E-state index contributed by atoms with van der Waals surface area (Å²) in [5.41, 5.74) is 0. The van der Waals surface area contributed by atoms with Crippen LogP contribution < -0.4 is 0 Å². The topological polar surface area (TPSA) is 29.5 Å². The van der Waals surface area contributed by atoms with Crippen LogP contribution in [0.1, 0.15) is 90.9 Å². The molecule has 0 aromatic heterocycles. The minimum Gasteiger partial charge on any atom is -0.393 e. The van der Waals surface area contributed by atoms with E-state index in [0.717, 1.165) is 13.0 Å². The van der Waals surface area contributed by atoms with E-state index < -0.39 is 6.10 Å². The lowest BCUT2D eigenvalue weighted by Crippen LogP contribution is -2.03. The van der Waals surface area contributed by atoms with Gasteiger partial charge in [-0.15, -0.1) is 0 Å². The standard InChI is InChI=1S/C20H39O2/c1-19(2)22-18-16-14-12-10-8-6-4-5-7-9-11-13-15-17-20(3)21/h13,15,19-21H,3-12,14,16-18H2,1-2H3. The van der Waals surface area contributed by atoms with Crippen molar-refractivity contribution in [2.24, 2.45) is 0 Å². The Hall–Kier alpha value is -0.340. The third-order valence-corrected chi connectivity index (χ3v) is 3.79. The van der Waals surface area contributed by atoms with Crippen LogP contribution in [0.25, 0.3) is 0 Å². The lowest BCUT2D eigenvalue weighted by atomic mass is 10.1. The number of unbranched alkanes of at least 4 members (excludes halogenated alkanes) is 10. The molecule has 1 unspecified atom stereocenters. The Labute approximate surface area is 139 Å². The summed E-state index contributed by atoms with van der Waals surface area (Å²) >= 11 is 0. The number of aliphatic hydroxyl groups excluding tert-OH is 1. The van der Waals surface area contributed by atoms with Crippen molar-refractivity contribution in [1.82, 2.24) is 0 Å². The molecule has 2 heteroatoms. The normalized spacial score (nSPS) is 13.3. The molecule has 0 saturated carbocycles. The highest BCUT2D eigenvalue weighted by molar-refractivity contribution is 4.84.